The van der Waals surface area contributed by atoms with Gasteiger partial charge in [0.15, 0.2) is 0 Å². The molecule has 2 fully saturated rings. The van der Waals surface area contributed by atoms with Crippen LogP contribution in [0, 0.1) is 11.8 Å². The van der Waals surface area contributed by atoms with E-state index in [1.165, 1.54) is 6.07 Å². The van der Waals surface area contributed by atoms with Crippen LogP contribution in [0.25, 0.3) is 0 Å². The molecule has 2 N–H and O–H groups in total. The third kappa shape index (κ3) is 3.43. The number of hydrogen-bond acceptors (Lipinski definition) is 6. The lowest BCUT2D eigenvalue weighted by Gasteiger charge is -2.47. The van der Waals surface area contributed by atoms with E-state index < -0.39 is 10.0 Å². The molecule has 2 heterocycles. The first-order chi connectivity index (χ1) is 11.0. The van der Waals surface area contributed by atoms with Crippen molar-refractivity contribution in [2.75, 3.05) is 26.9 Å². The van der Waals surface area contributed by atoms with Crippen molar-refractivity contribution in [2.45, 2.75) is 22.8 Å². The number of nitrogens with one attached hydrogen (secondary N) is 2. The van der Waals surface area contributed by atoms with E-state index in [1.807, 2.05) is 0 Å². The number of fused-ring (bicyclic) bond motifs is 1. The molecule has 1 aliphatic heterocycles. The zero-order chi connectivity index (χ0) is 16.4. The summed E-state index contributed by atoms with van der Waals surface area (Å²) in [5, 5.41) is 4.60. The number of sulfonamides is 1. The average Bonchev–Trinajstić information content (AvgIpc) is 3.18. The summed E-state index contributed by atoms with van der Waals surface area (Å²) in [5.74, 6) is 0.0972. The van der Waals surface area contributed by atoms with Gasteiger partial charge in [0.2, 0.25) is 5.91 Å². The van der Waals surface area contributed by atoms with Gasteiger partial charge in [0.25, 0.3) is 10.0 Å². The fraction of sp³-hybridized carbons (Fsp3) is 0.643. The minimum absolute atomic E-state index is 0.0128. The highest BCUT2D eigenvalue weighted by atomic mass is 32.2. The molecular weight excluding hydrogens is 340 g/mol. The molecule has 1 aliphatic carbocycles. The van der Waals surface area contributed by atoms with E-state index in [-0.39, 0.29) is 34.7 Å². The minimum Gasteiger partial charge on any atom is -0.384 e. The fourth-order valence-electron chi connectivity index (χ4n) is 3.32. The van der Waals surface area contributed by atoms with Gasteiger partial charge in [-0.05, 0) is 17.9 Å². The molecule has 1 saturated heterocycles. The second kappa shape index (κ2) is 6.86. The smallest absolute Gasteiger partial charge is 0.250 e. The third-order valence-corrected chi connectivity index (χ3v) is 7.20. The average molecular weight is 360 g/mol. The van der Waals surface area contributed by atoms with Crippen molar-refractivity contribution < 1.29 is 22.7 Å². The first-order valence-electron chi connectivity index (χ1n) is 7.46. The highest BCUT2D eigenvalue weighted by Gasteiger charge is 2.54. The Morgan fingerprint density at radius 3 is 3.04 bits per heavy atom. The van der Waals surface area contributed by atoms with Crippen molar-refractivity contribution in [3.05, 3.63) is 17.5 Å². The summed E-state index contributed by atoms with van der Waals surface area (Å²) in [6, 6.07) is 3.15. The molecule has 0 radical (unpaired) electrons. The van der Waals surface area contributed by atoms with Gasteiger partial charge in [-0.1, -0.05) is 6.07 Å². The molecule has 1 aromatic rings. The van der Waals surface area contributed by atoms with Gasteiger partial charge in [0, 0.05) is 31.6 Å². The van der Waals surface area contributed by atoms with Gasteiger partial charge in [0.05, 0.1) is 19.3 Å². The molecule has 2 aliphatic rings. The topological polar surface area (TPSA) is 93.7 Å². The summed E-state index contributed by atoms with van der Waals surface area (Å²) in [4.78, 5) is 12.1. The number of thiophene rings is 1. The number of ether oxygens (including phenoxy) is 2. The fourth-order valence-corrected chi connectivity index (χ4v) is 5.34. The minimum atomic E-state index is -3.62. The predicted octanol–water partition coefficient (Wildman–Crippen LogP) is 0.193. The summed E-state index contributed by atoms with van der Waals surface area (Å²) in [6.45, 7) is 0.953. The number of amides is 1. The molecule has 1 amide bonds. The van der Waals surface area contributed by atoms with Crippen LogP contribution in [0.2, 0.25) is 0 Å². The Balaban J connectivity index is 1.53. The van der Waals surface area contributed by atoms with Gasteiger partial charge >= 0.3 is 0 Å². The highest BCUT2D eigenvalue weighted by Crippen LogP contribution is 2.43. The standard InChI is InChI=1S/C14H20N2O5S2/c1-20-8-10-13(9-4-5-21-14(9)10)16-11(17)7-15-23(18,19)12-3-2-6-22-12/h2-3,6,9-10,13-15H,4-5,7-8H2,1H3,(H,16,17)/t9-,10+,13+,14-/m0/s1. The molecule has 128 valence electrons. The van der Waals surface area contributed by atoms with Crippen molar-refractivity contribution in [3.8, 4) is 0 Å². The van der Waals surface area contributed by atoms with Gasteiger partial charge in [0.1, 0.15) is 4.21 Å². The van der Waals surface area contributed by atoms with Crippen LogP contribution < -0.4 is 10.0 Å². The van der Waals surface area contributed by atoms with Crippen LogP contribution in [0.4, 0.5) is 0 Å². The Morgan fingerprint density at radius 1 is 1.52 bits per heavy atom. The lowest BCUT2D eigenvalue weighted by Crippen LogP contribution is -2.63. The molecule has 0 bridgehead atoms. The number of carbonyl (C=O) groups is 1. The Morgan fingerprint density at radius 2 is 2.35 bits per heavy atom. The van der Waals surface area contributed by atoms with Gasteiger partial charge < -0.3 is 14.8 Å². The van der Waals surface area contributed by atoms with Crippen LogP contribution in [0.3, 0.4) is 0 Å². The van der Waals surface area contributed by atoms with E-state index in [4.69, 9.17) is 9.47 Å². The Labute approximate surface area is 139 Å². The Kier molecular flexibility index (Phi) is 5.02. The van der Waals surface area contributed by atoms with Crippen LogP contribution in [0.1, 0.15) is 6.42 Å². The van der Waals surface area contributed by atoms with Gasteiger partial charge in [-0.25, -0.2) is 13.1 Å². The molecule has 0 aromatic carbocycles. The Hall–Kier alpha value is -1.00. The van der Waals surface area contributed by atoms with Crippen molar-refractivity contribution in [2.24, 2.45) is 11.8 Å². The van der Waals surface area contributed by atoms with E-state index in [1.54, 1.807) is 18.6 Å². The number of carbonyl (C=O) groups excluding carboxylic acids is 1. The molecule has 3 rings (SSSR count). The quantitative estimate of drug-likeness (QED) is 0.724. The van der Waals surface area contributed by atoms with Crippen molar-refractivity contribution in [1.82, 2.24) is 10.0 Å². The molecule has 23 heavy (non-hydrogen) atoms. The normalized spacial score (nSPS) is 29.8. The molecule has 4 atom stereocenters. The Bertz CT molecular complexity index is 646. The SMILES string of the molecule is COC[C@@H]1[C@H](NC(=O)CNS(=O)(=O)c2cccs2)[C@@H]2CCO[C@H]12. The third-order valence-electron chi connectivity index (χ3n) is 4.40. The van der Waals surface area contributed by atoms with Crippen LogP contribution in [-0.2, 0) is 24.3 Å². The summed E-state index contributed by atoms with van der Waals surface area (Å²) in [6.07, 6.45) is 1.06. The summed E-state index contributed by atoms with van der Waals surface area (Å²) < 4.78 is 37.4. The molecule has 1 saturated carbocycles. The number of hydrogen-bond donors (Lipinski definition) is 2. The van der Waals surface area contributed by atoms with Crippen LogP contribution >= 0.6 is 11.3 Å². The number of methoxy groups -OCH3 is 1. The van der Waals surface area contributed by atoms with Crippen LogP contribution in [0.15, 0.2) is 21.7 Å². The zero-order valence-electron chi connectivity index (χ0n) is 12.7. The van der Waals surface area contributed by atoms with E-state index >= 15 is 0 Å². The van der Waals surface area contributed by atoms with E-state index in [9.17, 15) is 13.2 Å². The summed E-state index contributed by atoms with van der Waals surface area (Å²) >= 11 is 1.12. The van der Waals surface area contributed by atoms with E-state index in [0.717, 1.165) is 17.8 Å². The van der Waals surface area contributed by atoms with Crippen molar-refractivity contribution >= 4 is 27.3 Å². The first-order valence-corrected chi connectivity index (χ1v) is 9.82. The van der Waals surface area contributed by atoms with Crippen LogP contribution in [-0.4, -0.2) is 53.3 Å². The summed E-state index contributed by atoms with van der Waals surface area (Å²) in [5.41, 5.74) is 0. The summed E-state index contributed by atoms with van der Waals surface area (Å²) in [7, 11) is -2.00. The maximum Gasteiger partial charge on any atom is 0.250 e. The first kappa shape index (κ1) is 16.8. The van der Waals surface area contributed by atoms with Crippen molar-refractivity contribution in [3.63, 3.8) is 0 Å². The molecule has 1 aromatic heterocycles. The molecule has 7 nitrogen and oxygen atoms in total. The lowest BCUT2D eigenvalue weighted by molar-refractivity contribution is -0.128. The second-order valence-electron chi connectivity index (χ2n) is 5.76. The van der Waals surface area contributed by atoms with E-state index in [0.29, 0.717) is 19.1 Å². The number of rotatable bonds is 7. The monoisotopic (exact) mass is 360 g/mol. The lowest BCUT2D eigenvalue weighted by atomic mass is 9.67. The molecule has 9 heteroatoms. The van der Waals surface area contributed by atoms with E-state index in [2.05, 4.69) is 10.0 Å². The largest absolute Gasteiger partial charge is 0.384 e. The maximum atomic E-state index is 12.1. The highest BCUT2D eigenvalue weighted by molar-refractivity contribution is 7.91. The zero-order valence-corrected chi connectivity index (χ0v) is 14.4. The predicted molar refractivity (Wildman–Crippen MR) is 84.7 cm³/mol. The molecular formula is C14H20N2O5S2. The van der Waals surface area contributed by atoms with Gasteiger partial charge in [-0.2, -0.15) is 0 Å². The van der Waals surface area contributed by atoms with Crippen molar-refractivity contribution in [1.29, 1.82) is 0 Å². The van der Waals surface area contributed by atoms with Gasteiger partial charge in [-0.15, -0.1) is 11.3 Å². The molecule has 0 spiro atoms. The second-order valence-corrected chi connectivity index (χ2v) is 8.70. The van der Waals surface area contributed by atoms with Crippen LogP contribution in [0.5, 0.6) is 0 Å². The molecule has 0 unspecified atom stereocenters. The van der Waals surface area contributed by atoms with Gasteiger partial charge in [-0.3, -0.25) is 4.79 Å². The maximum absolute atomic E-state index is 12.1.